The Morgan fingerprint density at radius 2 is 1.59 bits per heavy atom. The first-order valence-electron chi connectivity index (χ1n) is 6.62. The second-order valence-corrected chi connectivity index (χ2v) is 9.02. The van der Waals surface area contributed by atoms with Crippen molar-refractivity contribution in [3.8, 4) is 9.75 Å². The van der Waals surface area contributed by atoms with Crippen molar-refractivity contribution in [1.29, 1.82) is 0 Å². The van der Waals surface area contributed by atoms with E-state index < -0.39 is 10.0 Å². The molecule has 0 saturated heterocycles. The molecular formula is C16H11NO2S3. The summed E-state index contributed by atoms with van der Waals surface area (Å²) in [6.45, 7) is 0. The first kappa shape index (κ1) is 13.8. The summed E-state index contributed by atoms with van der Waals surface area (Å²) in [4.78, 5) is 2.08. The van der Waals surface area contributed by atoms with Crippen molar-refractivity contribution in [2.45, 2.75) is 4.21 Å². The molecule has 0 unspecified atom stereocenters. The van der Waals surface area contributed by atoms with Gasteiger partial charge in [-0.3, -0.25) is 0 Å². The van der Waals surface area contributed by atoms with Gasteiger partial charge in [-0.05, 0) is 41.8 Å². The van der Waals surface area contributed by atoms with Crippen LogP contribution >= 0.6 is 22.7 Å². The molecule has 22 heavy (non-hydrogen) atoms. The monoisotopic (exact) mass is 345 g/mol. The molecule has 0 radical (unpaired) electrons. The molecule has 0 fully saturated rings. The number of benzene rings is 1. The minimum Gasteiger partial charge on any atom is -0.248 e. The molecule has 0 aliphatic rings. The van der Waals surface area contributed by atoms with Gasteiger partial charge in [0.2, 0.25) is 0 Å². The number of hydrogen-bond donors (Lipinski definition) is 0. The summed E-state index contributed by atoms with van der Waals surface area (Å²) in [7, 11) is -3.47. The van der Waals surface area contributed by atoms with Gasteiger partial charge >= 0.3 is 0 Å². The van der Waals surface area contributed by atoms with Crippen molar-refractivity contribution >= 4 is 42.8 Å². The summed E-state index contributed by atoms with van der Waals surface area (Å²) < 4.78 is 27.8. The van der Waals surface area contributed by atoms with Crippen molar-refractivity contribution < 1.29 is 8.42 Å². The first-order chi connectivity index (χ1) is 10.6. The van der Waals surface area contributed by atoms with Crippen LogP contribution in [0.2, 0.25) is 0 Å². The highest BCUT2D eigenvalue weighted by Crippen LogP contribution is 2.38. The van der Waals surface area contributed by atoms with Crippen LogP contribution in [-0.4, -0.2) is 12.4 Å². The van der Waals surface area contributed by atoms with Crippen molar-refractivity contribution in [1.82, 2.24) is 3.97 Å². The van der Waals surface area contributed by atoms with E-state index in [-0.39, 0.29) is 0 Å². The van der Waals surface area contributed by atoms with Crippen LogP contribution in [0.4, 0.5) is 0 Å². The Hall–Kier alpha value is -1.89. The van der Waals surface area contributed by atoms with Gasteiger partial charge in [0.05, 0.1) is 0 Å². The van der Waals surface area contributed by atoms with E-state index in [0.29, 0.717) is 4.21 Å². The number of thiophene rings is 2. The third-order valence-corrected chi connectivity index (χ3v) is 7.88. The quantitative estimate of drug-likeness (QED) is 0.541. The third kappa shape index (κ3) is 2.20. The Labute approximate surface area is 136 Å². The average Bonchev–Trinajstić information content (AvgIpc) is 3.25. The molecule has 0 spiro atoms. The molecule has 0 aliphatic carbocycles. The van der Waals surface area contributed by atoms with Gasteiger partial charge in [0.15, 0.2) is 0 Å². The second-order valence-electron chi connectivity index (χ2n) is 4.79. The van der Waals surface area contributed by atoms with Crippen LogP contribution in [0.5, 0.6) is 0 Å². The summed E-state index contributed by atoms with van der Waals surface area (Å²) in [6, 6.07) is 17.3. The van der Waals surface area contributed by atoms with E-state index in [1.54, 1.807) is 41.9 Å². The Morgan fingerprint density at radius 1 is 0.818 bits per heavy atom. The second kappa shape index (κ2) is 5.08. The van der Waals surface area contributed by atoms with Gasteiger partial charge in [-0.1, -0.05) is 18.2 Å². The number of fused-ring (bicyclic) bond motifs is 1. The van der Waals surface area contributed by atoms with E-state index in [0.717, 1.165) is 9.75 Å². The summed E-state index contributed by atoms with van der Waals surface area (Å²) in [5.74, 6) is 0. The van der Waals surface area contributed by atoms with Crippen molar-refractivity contribution in [3.05, 3.63) is 67.0 Å². The molecule has 4 aromatic rings. The lowest BCUT2D eigenvalue weighted by Gasteiger charge is -2.01. The maximum atomic E-state index is 12.5. The predicted molar refractivity (Wildman–Crippen MR) is 92.2 cm³/mol. The van der Waals surface area contributed by atoms with Gasteiger partial charge < -0.3 is 0 Å². The maximum absolute atomic E-state index is 12.5. The van der Waals surface area contributed by atoms with Crippen molar-refractivity contribution in [2.24, 2.45) is 0 Å². The molecule has 0 amide bonds. The van der Waals surface area contributed by atoms with Crippen molar-refractivity contribution in [3.63, 3.8) is 0 Å². The predicted octanol–water partition coefficient (Wildman–Crippen LogP) is 4.67. The summed E-state index contributed by atoms with van der Waals surface area (Å²) in [6.07, 6.45) is 3.10. The summed E-state index contributed by atoms with van der Waals surface area (Å²) in [5, 5.41) is 1.19. The van der Waals surface area contributed by atoms with Crippen LogP contribution < -0.4 is 0 Å². The largest absolute Gasteiger partial charge is 0.277 e. The van der Waals surface area contributed by atoms with Crippen LogP contribution in [0.3, 0.4) is 0 Å². The fourth-order valence-corrected chi connectivity index (χ4v) is 6.02. The minimum atomic E-state index is -3.47. The van der Waals surface area contributed by atoms with Crippen LogP contribution in [0, 0.1) is 0 Å². The van der Waals surface area contributed by atoms with Crippen LogP contribution in [0.25, 0.3) is 19.8 Å². The molecule has 0 saturated carbocycles. The lowest BCUT2D eigenvalue weighted by atomic mass is 10.2. The van der Waals surface area contributed by atoms with Gasteiger partial charge in [0, 0.05) is 26.8 Å². The maximum Gasteiger partial charge on any atom is 0.277 e. The van der Waals surface area contributed by atoms with E-state index in [4.69, 9.17) is 0 Å². The molecule has 4 rings (SSSR count). The molecule has 3 aromatic heterocycles. The summed E-state index contributed by atoms with van der Waals surface area (Å²) in [5.41, 5.74) is 0. The minimum absolute atomic E-state index is 0.358. The fraction of sp³-hybridized carbons (Fsp3) is 0. The zero-order valence-corrected chi connectivity index (χ0v) is 13.8. The Morgan fingerprint density at radius 3 is 2.36 bits per heavy atom. The number of hydrogen-bond acceptors (Lipinski definition) is 4. The van der Waals surface area contributed by atoms with Gasteiger partial charge in [-0.15, -0.1) is 22.7 Å². The van der Waals surface area contributed by atoms with Crippen LogP contribution in [0.15, 0.2) is 71.2 Å². The highest BCUT2D eigenvalue weighted by atomic mass is 32.2. The SMILES string of the molecule is O=S(=O)(c1ccc(-c2cc3ccccc3s2)s1)n1cccc1. The van der Waals surface area contributed by atoms with E-state index >= 15 is 0 Å². The Bertz CT molecular complexity index is 1010. The number of nitrogens with zero attached hydrogens (tertiary/aromatic N) is 1. The van der Waals surface area contributed by atoms with Gasteiger partial charge in [0.25, 0.3) is 10.0 Å². The van der Waals surface area contributed by atoms with Gasteiger partial charge in [0.1, 0.15) is 4.21 Å². The molecule has 6 heteroatoms. The van der Waals surface area contributed by atoms with Crippen molar-refractivity contribution in [2.75, 3.05) is 0 Å². The van der Waals surface area contributed by atoms with Gasteiger partial charge in [-0.25, -0.2) is 3.97 Å². The average molecular weight is 345 g/mol. The molecule has 0 N–H and O–H groups in total. The number of rotatable bonds is 3. The van der Waals surface area contributed by atoms with E-state index in [2.05, 4.69) is 18.2 Å². The molecule has 3 heterocycles. The zero-order valence-electron chi connectivity index (χ0n) is 11.3. The van der Waals surface area contributed by atoms with Crippen LogP contribution in [-0.2, 0) is 10.0 Å². The first-order valence-corrected chi connectivity index (χ1v) is 9.69. The van der Waals surface area contributed by atoms with E-state index in [1.165, 1.54) is 25.4 Å². The van der Waals surface area contributed by atoms with E-state index in [1.807, 2.05) is 18.2 Å². The smallest absolute Gasteiger partial charge is 0.248 e. The Kier molecular flexibility index (Phi) is 3.18. The molecular weight excluding hydrogens is 334 g/mol. The fourth-order valence-electron chi connectivity index (χ4n) is 2.28. The molecule has 0 atom stereocenters. The lowest BCUT2D eigenvalue weighted by Crippen LogP contribution is -2.08. The van der Waals surface area contributed by atoms with E-state index in [9.17, 15) is 8.42 Å². The highest BCUT2D eigenvalue weighted by molar-refractivity contribution is 7.92. The summed E-state index contributed by atoms with van der Waals surface area (Å²) >= 11 is 2.99. The molecule has 0 bridgehead atoms. The standard InChI is InChI=1S/C16H11NO2S3/c18-22(19,17-9-3-4-10-17)16-8-7-14(21-16)15-11-12-5-1-2-6-13(12)20-15/h1-11H. The topological polar surface area (TPSA) is 39.1 Å². The molecule has 110 valence electrons. The molecule has 3 nitrogen and oxygen atoms in total. The highest BCUT2D eigenvalue weighted by Gasteiger charge is 2.19. The lowest BCUT2D eigenvalue weighted by molar-refractivity contribution is 0.589. The van der Waals surface area contributed by atoms with Gasteiger partial charge in [-0.2, -0.15) is 8.42 Å². The van der Waals surface area contributed by atoms with Crippen LogP contribution in [0.1, 0.15) is 0 Å². The number of aromatic nitrogens is 1. The molecule has 0 aliphatic heterocycles. The normalized spacial score (nSPS) is 12.0. The third-order valence-electron chi connectivity index (χ3n) is 3.36. The zero-order chi connectivity index (χ0) is 15.2. The Balaban J connectivity index is 1.78. The molecule has 1 aromatic carbocycles.